The van der Waals surface area contributed by atoms with E-state index in [0.717, 1.165) is 6.42 Å². The molecule has 11 heavy (non-hydrogen) atoms. The lowest BCUT2D eigenvalue weighted by atomic mass is 10.3. The largest absolute Gasteiger partial charge is 0.355 e. The molecule has 0 saturated heterocycles. The molecule has 0 aromatic carbocycles. The van der Waals surface area contributed by atoms with Crippen molar-refractivity contribution in [1.82, 2.24) is 5.32 Å². The number of rotatable bonds is 5. The van der Waals surface area contributed by atoms with Crippen molar-refractivity contribution < 1.29 is 4.79 Å². The Morgan fingerprint density at radius 2 is 2.09 bits per heavy atom. The minimum atomic E-state index is -0.590. The zero-order valence-corrected chi connectivity index (χ0v) is 6.55. The Hall–Kier alpha value is -0.650. The summed E-state index contributed by atoms with van der Waals surface area (Å²) in [5.41, 5.74) is 15.7. The molecule has 5 heteroatoms. The molecule has 0 radical (unpaired) electrons. The molecule has 5 nitrogen and oxygen atoms in total. The molecule has 0 aliphatic carbocycles. The van der Waals surface area contributed by atoms with E-state index in [-0.39, 0.29) is 12.5 Å². The van der Waals surface area contributed by atoms with Crippen molar-refractivity contribution in [3.8, 4) is 0 Å². The molecular formula is C6H16N4O. The molecule has 1 amide bonds. The topological polar surface area (TPSA) is 107 Å². The molecule has 0 saturated carbocycles. The van der Waals surface area contributed by atoms with Gasteiger partial charge >= 0.3 is 0 Å². The van der Waals surface area contributed by atoms with Crippen LogP contribution < -0.4 is 22.5 Å². The summed E-state index contributed by atoms with van der Waals surface area (Å²) in [4.78, 5) is 10.9. The number of carbonyl (C=O) groups is 1. The maximum atomic E-state index is 10.9. The van der Waals surface area contributed by atoms with Crippen LogP contribution in [0.25, 0.3) is 0 Å². The summed E-state index contributed by atoms with van der Waals surface area (Å²) in [5, 5.41) is 2.61. The van der Waals surface area contributed by atoms with Crippen LogP contribution in [0, 0.1) is 0 Å². The average Bonchev–Trinajstić information content (AvgIpc) is 2.03. The van der Waals surface area contributed by atoms with Crippen LogP contribution in [0.15, 0.2) is 0 Å². The van der Waals surface area contributed by atoms with Gasteiger partial charge in [-0.15, -0.1) is 0 Å². The maximum Gasteiger partial charge on any atom is 0.238 e. The SMILES string of the molecule is NCCCNC(=O)C(N)CN. The minimum Gasteiger partial charge on any atom is -0.355 e. The van der Waals surface area contributed by atoms with Gasteiger partial charge in [-0.3, -0.25) is 4.79 Å². The monoisotopic (exact) mass is 160 g/mol. The molecule has 0 rings (SSSR count). The summed E-state index contributed by atoms with van der Waals surface area (Å²) in [6.45, 7) is 1.32. The fourth-order valence-corrected chi connectivity index (χ4v) is 0.552. The molecule has 0 aromatic rings. The van der Waals surface area contributed by atoms with E-state index >= 15 is 0 Å². The van der Waals surface area contributed by atoms with Gasteiger partial charge < -0.3 is 22.5 Å². The van der Waals surface area contributed by atoms with Crippen molar-refractivity contribution in [2.24, 2.45) is 17.2 Å². The van der Waals surface area contributed by atoms with E-state index in [1.165, 1.54) is 0 Å². The molecule has 7 N–H and O–H groups in total. The normalized spacial score (nSPS) is 12.6. The average molecular weight is 160 g/mol. The standard InChI is InChI=1S/C6H16N4O/c7-2-1-3-10-6(11)5(9)4-8/h5H,1-4,7-9H2,(H,10,11). The highest BCUT2D eigenvalue weighted by Gasteiger charge is 2.08. The van der Waals surface area contributed by atoms with Gasteiger partial charge in [0.1, 0.15) is 0 Å². The number of nitrogens with two attached hydrogens (primary N) is 3. The minimum absolute atomic E-state index is 0.175. The van der Waals surface area contributed by atoms with Crippen LogP contribution in [-0.2, 0) is 4.79 Å². The molecule has 0 spiro atoms. The van der Waals surface area contributed by atoms with Crippen molar-refractivity contribution in [3.63, 3.8) is 0 Å². The molecule has 66 valence electrons. The fourth-order valence-electron chi connectivity index (χ4n) is 0.552. The molecule has 0 aromatic heterocycles. The number of hydrogen-bond donors (Lipinski definition) is 4. The Balaban J connectivity index is 3.36. The fraction of sp³-hybridized carbons (Fsp3) is 0.833. The van der Waals surface area contributed by atoms with Crippen molar-refractivity contribution in [3.05, 3.63) is 0 Å². The molecule has 0 aliphatic heterocycles. The zero-order chi connectivity index (χ0) is 8.69. The van der Waals surface area contributed by atoms with Crippen molar-refractivity contribution >= 4 is 5.91 Å². The molecule has 1 unspecified atom stereocenters. The van der Waals surface area contributed by atoms with Gasteiger partial charge in [-0.25, -0.2) is 0 Å². The first-order valence-electron chi connectivity index (χ1n) is 3.65. The van der Waals surface area contributed by atoms with Gasteiger partial charge in [0.2, 0.25) is 5.91 Å². The highest BCUT2D eigenvalue weighted by molar-refractivity contribution is 5.81. The van der Waals surface area contributed by atoms with E-state index in [1.54, 1.807) is 0 Å². The van der Waals surface area contributed by atoms with E-state index in [1.807, 2.05) is 0 Å². The first kappa shape index (κ1) is 10.3. The molecule has 0 fully saturated rings. The van der Waals surface area contributed by atoms with Gasteiger partial charge in [0, 0.05) is 13.1 Å². The third kappa shape index (κ3) is 4.72. The lowest BCUT2D eigenvalue weighted by Crippen LogP contribution is -2.45. The van der Waals surface area contributed by atoms with Crippen molar-refractivity contribution in [2.45, 2.75) is 12.5 Å². The van der Waals surface area contributed by atoms with Gasteiger partial charge in [-0.2, -0.15) is 0 Å². The number of hydrogen-bond acceptors (Lipinski definition) is 4. The van der Waals surface area contributed by atoms with E-state index in [9.17, 15) is 4.79 Å². The highest BCUT2D eigenvalue weighted by Crippen LogP contribution is 1.75. The quantitative estimate of drug-likeness (QED) is 0.340. The van der Waals surface area contributed by atoms with Crippen molar-refractivity contribution in [2.75, 3.05) is 19.6 Å². The second-order valence-corrected chi connectivity index (χ2v) is 2.28. The molecule has 0 heterocycles. The molecule has 1 atom stereocenters. The Labute approximate surface area is 66.3 Å². The first-order valence-corrected chi connectivity index (χ1v) is 3.65. The van der Waals surface area contributed by atoms with Gasteiger partial charge in [0.15, 0.2) is 0 Å². The predicted molar refractivity (Wildman–Crippen MR) is 43.7 cm³/mol. The van der Waals surface area contributed by atoms with Gasteiger partial charge in [0.05, 0.1) is 6.04 Å². The Morgan fingerprint density at radius 1 is 1.45 bits per heavy atom. The molecule has 0 aliphatic rings. The van der Waals surface area contributed by atoms with E-state index < -0.39 is 6.04 Å². The highest BCUT2D eigenvalue weighted by atomic mass is 16.2. The second kappa shape index (κ2) is 6.09. The van der Waals surface area contributed by atoms with Crippen LogP contribution >= 0.6 is 0 Å². The maximum absolute atomic E-state index is 10.9. The van der Waals surface area contributed by atoms with Crippen LogP contribution in [0.5, 0.6) is 0 Å². The Kier molecular flexibility index (Phi) is 5.73. The Bertz CT molecular complexity index is 117. The summed E-state index contributed by atoms with van der Waals surface area (Å²) >= 11 is 0. The third-order valence-corrected chi connectivity index (χ3v) is 1.27. The third-order valence-electron chi connectivity index (χ3n) is 1.27. The summed E-state index contributed by atoms with van der Waals surface area (Å²) < 4.78 is 0. The van der Waals surface area contributed by atoms with E-state index in [2.05, 4.69) is 5.32 Å². The number of amides is 1. The van der Waals surface area contributed by atoms with E-state index in [0.29, 0.717) is 13.1 Å². The number of nitrogens with one attached hydrogen (secondary N) is 1. The zero-order valence-electron chi connectivity index (χ0n) is 6.55. The van der Waals surface area contributed by atoms with Crippen LogP contribution in [0.4, 0.5) is 0 Å². The summed E-state index contributed by atoms with van der Waals surface area (Å²) in [6, 6.07) is -0.590. The first-order chi connectivity index (χ1) is 5.22. The van der Waals surface area contributed by atoms with Gasteiger partial charge in [0.25, 0.3) is 0 Å². The molecular weight excluding hydrogens is 144 g/mol. The van der Waals surface area contributed by atoms with Crippen molar-refractivity contribution in [1.29, 1.82) is 0 Å². The lowest BCUT2D eigenvalue weighted by Gasteiger charge is -2.08. The second-order valence-electron chi connectivity index (χ2n) is 2.28. The van der Waals surface area contributed by atoms with Crippen LogP contribution in [0.2, 0.25) is 0 Å². The van der Waals surface area contributed by atoms with Gasteiger partial charge in [-0.05, 0) is 13.0 Å². The van der Waals surface area contributed by atoms with Crippen LogP contribution in [-0.4, -0.2) is 31.6 Å². The summed E-state index contributed by atoms with van der Waals surface area (Å²) in [6.07, 6.45) is 0.767. The summed E-state index contributed by atoms with van der Waals surface area (Å²) in [5.74, 6) is -0.207. The van der Waals surface area contributed by atoms with Gasteiger partial charge in [-0.1, -0.05) is 0 Å². The van der Waals surface area contributed by atoms with Crippen LogP contribution in [0.1, 0.15) is 6.42 Å². The predicted octanol–water partition coefficient (Wildman–Crippen LogP) is -2.26. The van der Waals surface area contributed by atoms with Crippen LogP contribution in [0.3, 0.4) is 0 Å². The smallest absolute Gasteiger partial charge is 0.238 e. The Morgan fingerprint density at radius 3 is 2.55 bits per heavy atom. The molecule has 0 bridgehead atoms. The van der Waals surface area contributed by atoms with E-state index in [4.69, 9.17) is 17.2 Å². The summed E-state index contributed by atoms with van der Waals surface area (Å²) in [7, 11) is 0. The number of carbonyl (C=O) groups excluding carboxylic acids is 1. The lowest BCUT2D eigenvalue weighted by molar-refractivity contribution is -0.122.